The van der Waals surface area contributed by atoms with Crippen LogP contribution in [0.1, 0.15) is 21.5 Å². The molecule has 0 bridgehead atoms. The van der Waals surface area contributed by atoms with Crippen molar-refractivity contribution in [1.82, 2.24) is 9.80 Å². The number of amides is 1. The summed E-state index contributed by atoms with van der Waals surface area (Å²) in [6.07, 6.45) is -3.78. The van der Waals surface area contributed by atoms with Gasteiger partial charge in [0, 0.05) is 38.3 Å². The van der Waals surface area contributed by atoms with Gasteiger partial charge in [0.1, 0.15) is 0 Å². The summed E-state index contributed by atoms with van der Waals surface area (Å²) in [6, 6.07) is 3.54. The van der Waals surface area contributed by atoms with Gasteiger partial charge < -0.3 is 10.6 Å². The molecular weight excluding hydrogens is 375 g/mol. The van der Waals surface area contributed by atoms with Gasteiger partial charge in [0.2, 0.25) is 5.91 Å². The zero-order valence-corrected chi connectivity index (χ0v) is 15.3. The first-order chi connectivity index (χ1) is 11.8. The lowest BCUT2D eigenvalue weighted by molar-refractivity contribution is -0.138. The van der Waals surface area contributed by atoms with Crippen LogP contribution in [0.15, 0.2) is 18.2 Å². The van der Waals surface area contributed by atoms with Crippen LogP contribution in [0.3, 0.4) is 0 Å². The molecular formula is C15H22F3N3O4S. The van der Waals surface area contributed by atoms with Gasteiger partial charge in [-0.25, -0.2) is 0 Å². The van der Waals surface area contributed by atoms with Crippen LogP contribution < -0.4 is 5.73 Å². The van der Waals surface area contributed by atoms with E-state index in [4.69, 9.17) is 10.3 Å². The van der Waals surface area contributed by atoms with Crippen molar-refractivity contribution in [1.29, 1.82) is 0 Å². The van der Waals surface area contributed by atoms with Crippen LogP contribution in [-0.2, 0) is 22.8 Å². The van der Waals surface area contributed by atoms with Crippen molar-refractivity contribution in [3.05, 3.63) is 34.9 Å². The molecule has 1 heterocycles. The SMILES string of the molecule is CN1CCN(Cc2ccc(C(N)=O)cc2C(F)(F)F)CC1.CS(=O)(=O)O. The second-order valence-electron chi connectivity index (χ2n) is 6.05. The van der Waals surface area contributed by atoms with Gasteiger partial charge >= 0.3 is 6.18 Å². The first-order valence-corrected chi connectivity index (χ1v) is 9.45. The molecule has 7 nitrogen and oxygen atoms in total. The highest BCUT2D eigenvalue weighted by Gasteiger charge is 2.34. The van der Waals surface area contributed by atoms with Crippen LogP contribution in [0.25, 0.3) is 0 Å². The fourth-order valence-electron chi connectivity index (χ4n) is 2.38. The van der Waals surface area contributed by atoms with Crippen molar-refractivity contribution in [3.8, 4) is 0 Å². The van der Waals surface area contributed by atoms with Crippen LogP contribution >= 0.6 is 0 Å². The number of rotatable bonds is 3. The number of hydrogen-bond acceptors (Lipinski definition) is 5. The lowest BCUT2D eigenvalue weighted by Gasteiger charge is -2.32. The molecule has 1 aliphatic heterocycles. The first kappa shape index (κ1) is 22.4. The quantitative estimate of drug-likeness (QED) is 0.739. The summed E-state index contributed by atoms with van der Waals surface area (Å²) >= 11 is 0. The number of hydrogen-bond donors (Lipinski definition) is 2. The first-order valence-electron chi connectivity index (χ1n) is 7.60. The van der Waals surface area contributed by atoms with Gasteiger partial charge in [0.25, 0.3) is 10.1 Å². The fraction of sp³-hybridized carbons (Fsp3) is 0.533. The molecule has 1 aromatic carbocycles. The van der Waals surface area contributed by atoms with Crippen LogP contribution in [-0.4, -0.2) is 68.2 Å². The van der Waals surface area contributed by atoms with Gasteiger partial charge in [-0.3, -0.25) is 14.2 Å². The molecule has 0 unspecified atom stereocenters. The summed E-state index contributed by atoms with van der Waals surface area (Å²) in [4.78, 5) is 15.2. The topological polar surface area (TPSA) is 104 Å². The molecule has 1 aromatic rings. The van der Waals surface area contributed by atoms with Crippen molar-refractivity contribution >= 4 is 16.0 Å². The number of carbonyl (C=O) groups excluding carboxylic acids is 1. The minimum atomic E-state index is -4.49. The number of piperazine rings is 1. The third-order valence-corrected chi connectivity index (χ3v) is 3.69. The maximum atomic E-state index is 13.1. The Labute approximate surface area is 150 Å². The Bertz CT molecular complexity index is 722. The fourth-order valence-corrected chi connectivity index (χ4v) is 2.38. The Kier molecular flexibility index (Phi) is 7.57. The molecule has 11 heteroatoms. The van der Waals surface area contributed by atoms with E-state index in [1.54, 1.807) is 0 Å². The van der Waals surface area contributed by atoms with Crippen LogP contribution in [0.5, 0.6) is 0 Å². The van der Waals surface area contributed by atoms with Crippen LogP contribution in [0.2, 0.25) is 0 Å². The average molecular weight is 397 g/mol. The molecule has 148 valence electrons. The Morgan fingerprint density at radius 3 is 2.15 bits per heavy atom. The monoisotopic (exact) mass is 397 g/mol. The Morgan fingerprint density at radius 1 is 1.23 bits per heavy atom. The van der Waals surface area contributed by atoms with Crippen LogP contribution in [0, 0.1) is 0 Å². The third-order valence-electron chi connectivity index (χ3n) is 3.69. The maximum absolute atomic E-state index is 13.1. The summed E-state index contributed by atoms with van der Waals surface area (Å²) in [7, 11) is -1.68. The zero-order valence-electron chi connectivity index (χ0n) is 14.5. The van der Waals surface area contributed by atoms with Gasteiger partial charge in [-0.05, 0) is 24.7 Å². The van der Waals surface area contributed by atoms with Crippen molar-refractivity contribution < 1.29 is 30.9 Å². The largest absolute Gasteiger partial charge is 0.416 e. The summed E-state index contributed by atoms with van der Waals surface area (Å²) in [5.41, 5.74) is 4.33. The molecule has 0 aliphatic carbocycles. The van der Waals surface area contributed by atoms with Gasteiger partial charge in [0.05, 0.1) is 11.8 Å². The molecule has 26 heavy (non-hydrogen) atoms. The van der Waals surface area contributed by atoms with E-state index in [1.165, 1.54) is 12.1 Å². The summed E-state index contributed by atoms with van der Waals surface area (Å²) in [5.74, 6) is -0.855. The smallest absolute Gasteiger partial charge is 0.366 e. The predicted octanol–water partition coefficient (Wildman–Crippen LogP) is 1.06. The summed E-state index contributed by atoms with van der Waals surface area (Å²) in [5, 5.41) is 0. The number of benzene rings is 1. The number of likely N-dealkylation sites (N-methyl/N-ethyl adjacent to an activating group) is 1. The molecule has 0 atom stereocenters. The molecule has 1 fully saturated rings. The van der Waals surface area contributed by atoms with E-state index in [-0.39, 0.29) is 17.7 Å². The van der Waals surface area contributed by atoms with Crippen molar-refractivity contribution in [2.75, 3.05) is 39.5 Å². The Hall–Kier alpha value is -1.69. The zero-order chi connectivity index (χ0) is 20.1. The van der Waals surface area contributed by atoms with E-state index in [0.29, 0.717) is 6.26 Å². The van der Waals surface area contributed by atoms with E-state index in [0.717, 1.165) is 32.2 Å². The molecule has 0 saturated carbocycles. The summed E-state index contributed by atoms with van der Waals surface area (Å²) in [6.45, 7) is 3.35. The van der Waals surface area contributed by atoms with Crippen LogP contribution in [0.4, 0.5) is 13.2 Å². The Balaban J connectivity index is 0.000000597. The van der Waals surface area contributed by atoms with Gasteiger partial charge in [-0.1, -0.05) is 6.07 Å². The molecule has 1 aliphatic rings. The number of carbonyl (C=O) groups is 1. The maximum Gasteiger partial charge on any atom is 0.416 e. The normalized spacial score (nSPS) is 16.7. The minimum Gasteiger partial charge on any atom is -0.366 e. The van der Waals surface area contributed by atoms with Crippen molar-refractivity contribution in [3.63, 3.8) is 0 Å². The molecule has 0 spiro atoms. The van der Waals surface area contributed by atoms with Gasteiger partial charge in [0.15, 0.2) is 0 Å². The molecule has 3 N–H and O–H groups in total. The molecule has 0 aromatic heterocycles. The number of nitrogens with two attached hydrogens (primary N) is 1. The average Bonchev–Trinajstić information content (AvgIpc) is 2.47. The lowest BCUT2D eigenvalue weighted by atomic mass is 10.0. The molecule has 0 radical (unpaired) electrons. The van der Waals surface area contributed by atoms with Crippen molar-refractivity contribution in [2.45, 2.75) is 12.7 Å². The third kappa shape index (κ3) is 8.13. The highest BCUT2D eigenvalue weighted by Crippen LogP contribution is 2.33. The van der Waals surface area contributed by atoms with E-state index in [2.05, 4.69) is 4.90 Å². The molecule has 2 rings (SSSR count). The standard InChI is InChI=1S/C14H18F3N3O.CH4O3S/c1-19-4-6-20(7-5-19)9-11-3-2-10(13(18)21)8-12(11)14(15,16)17;1-5(2,3)4/h2-3,8H,4-7,9H2,1H3,(H2,18,21);1H3,(H,2,3,4). The minimum absolute atomic E-state index is 0.121. The van der Waals surface area contributed by atoms with E-state index < -0.39 is 27.8 Å². The predicted molar refractivity (Wildman–Crippen MR) is 90.2 cm³/mol. The molecule has 1 amide bonds. The lowest BCUT2D eigenvalue weighted by Crippen LogP contribution is -2.44. The highest BCUT2D eigenvalue weighted by molar-refractivity contribution is 7.85. The highest BCUT2D eigenvalue weighted by atomic mass is 32.2. The van der Waals surface area contributed by atoms with E-state index in [9.17, 15) is 26.4 Å². The summed E-state index contributed by atoms with van der Waals surface area (Å²) < 4.78 is 65.3. The number of halogens is 3. The van der Waals surface area contributed by atoms with Crippen molar-refractivity contribution in [2.24, 2.45) is 5.73 Å². The van der Waals surface area contributed by atoms with Gasteiger partial charge in [-0.2, -0.15) is 21.6 Å². The number of alkyl halides is 3. The number of nitrogens with zero attached hydrogens (tertiary/aromatic N) is 2. The van der Waals surface area contributed by atoms with E-state index >= 15 is 0 Å². The Morgan fingerprint density at radius 2 is 1.73 bits per heavy atom. The van der Waals surface area contributed by atoms with E-state index in [1.807, 2.05) is 11.9 Å². The van der Waals surface area contributed by atoms with Gasteiger partial charge in [-0.15, -0.1) is 0 Å². The molecule has 1 saturated heterocycles. The second kappa shape index (κ2) is 8.80. The second-order valence-corrected chi connectivity index (χ2v) is 7.51. The number of primary amides is 1.